The largest absolute Gasteiger partial charge is 0.508 e. The molecule has 0 atom stereocenters. The highest BCUT2D eigenvalue weighted by atomic mass is 32.1. The van der Waals surface area contributed by atoms with E-state index in [1.165, 1.54) is 35.6 Å². The van der Waals surface area contributed by atoms with Crippen molar-refractivity contribution in [1.82, 2.24) is 0 Å². The Hall–Kier alpha value is -2.60. The maximum Gasteiger partial charge on any atom is 0.338 e. The van der Waals surface area contributed by atoms with Crippen LogP contribution in [0.2, 0.25) is 0 Å². The summed E-state index contributed by atoms with van der Waals surface area (Å²) in [6, 6.07) is 7.88. The Kier molecular flexibility index (Phi) is 4.39. The average molecular weight is 303 g/mol. The van der Waals surface area contributed by atoms with E-state index in [1.807, 2.05) is 0 Å². The van der Waals surface area contributed by atoms with Gasteiger partial charge in [0.15, 0.2) is 0 Å². The molecule has 0 aliphatic rings. The number of carbonyl (C=O) groups excluding carboxylic acids is 1. The van der Waals surface area contributed by atoms with E-state index in [9.17, 15) is 9.59 Å². The number of benzene rings is 1. The van der Waals surface area contributed by atoms with E-state index in [1.54, 1.807) is 25.1 Å². The fourth-order valence-electron chi connectivity index (χ4n) is 1.68. The lowest BCUT2D eigenvalue weighted by Crippen LogP contribution is -2.09. The first kappa shape index (κ1) is 14.8. The maximum atomic E-state index is 11.8. The summed E-state index contributed by atoms with van der Waals surface area (Å²) in [5.74, 6) is -1.33. The third-order valence-corrected chi connectivity index (χ3v) is 3.61. The van der Waals surface area contributed by atoms with Crippen LogP contribution in [-0.4, -0.2) is 22.1 Å². The number of aromatic hydroxyl groups is 1. The SMILES string of the molecule is Cc1cc(C(=O)O)c(NC(=O)C=Cc2ccc(O)cc2)s1. The van der Waals surface area contributed by atoms with Crippen molar-refractivity contribution in [3.05, 3.63) is 52.4 Å². The van der Waals surface area contributed by atoms with Gasteiger partial charge in [-0.25, -0.2) is 4.79 Å². The van der Waals surface area contributed by atoms with Crippen LogP contribution in [0.5, 0.6) is 5.75 Å². The van der Waals surface area contributed by atoms with E-state index < -0.39 is 11.9 Å². The molecule has 0 saturated carbocycles. The molecule has 0 radical (unpaired) electrons. The number of amides is 1. The van der Waals surface area contributed by atoms with Gasteiger partial charge in [-0.15, -0.1) is 11.3 Å². The summed E-state index contributed by atoms with van der Waals surface area (Å²) in [6.07, 6.45) is 2.89. The Balaban J connectivity index is 2.08. The number of carboxylic acids is 1. The maximum absolute atomic E-state index is 11.8. The standard InChI is InChI=1S/C15H13NO4S/c1-9-8-12(15(19)20)14(21-9)16-13(18)7-4-10-2-5-11(17)6-3-10/h2-8,17H,1H3,(H,16,18)(H,19,20). The van der Waals surface area contributed by atoms with Crippen LogP contribution in [0.3, 0.4) is 0 Å². The Morgan fingerprint density at radius 3 is 2.52 bits per heavy atom. The lowest BCUT2D eigenvalue weighted by atomic mass is 10.2. The molecule has 0 aliphatic carbocycles. The van der Waals surface area contributed by atoms with Crippen LogP contribution in [0, 0.1) is 6.92 Å². The Morgan fingerprint density at radius 1 is 1.24 bits per heavy atom. The van der Waals surface area contributed by atoms with Gasteiger partial charge in [-0.3, -0.25) is 4.79 Å². The molecule has 21 heavy (non-hydrogen) atoms. The van der Waals surface area contributed by atoms with Crippen molar-refractivity contribution >= 4 is 34.3 Å². The number of carboxylic acid groups (broad SMARTS) is 1. The molecule has 0 bridgehead atoms. The lowest BCUT2D eigenvalue weighted by Gasteiger charge is -2.00. The van der Waals surface area contributed by atoms with Crippen molar-refractivity contribution in [2.24, 2.45) is 0 Å². The van der Waals surface area contributed by atoms with Crippen LogP contribution in [-0.2, 0) is 4.79 Å². The predicted molar refractivity (Wildman–Crippen MR) is 81.8 cm³/mol. The summed E-state index contributed by atoms with van der Waals surface area (Å²) in [7, 11) is 0. The quantitative estimate of drug-likeness (QED) is 0.757. The fourth-order valence-corrected chi connectivity index (χ4v) is 2.58. The molecular formula is C15H13NO4S. The smallest absolute Gasteiger partial charge is 0.338 e. The van der Waals surface area contributed by atoms with E-state index in [2.05, 4.69) is 5.32 Å². The molecule has 0 unspecified atom stereocenters. The number of hydrogen-bond acceptors (Lipinski definition) is 4. The molecule has 1 aromatic carbocycles. The highest BCUT2D eigenvalue weighted by Gasteiger charge is 2.14. The molecule has 6 heteroatoms. The monoisotopic (exact) mass is 303 g/mol. The molecule has 1 amide bonds. The van der Waals surface area contributed by atoms with Crippen LogP contribution < -0.4 is 5.32 Å². The predicted octanol–water partition coefficient (Wildman–Crippen LogP) is 3.11. The van der Waals surface area contributed by atoms with Crippen molar-refractivity contribution in [2.75, 3.05) is 5.32 Å². The van der Waals surface area contributed by atoms with E-state index >= 15 is 0 Å². The summed E-state index contributed by atoms with van der Waals surface area (Å²) in [6.45, 7) is 1.78. The molecule has 5 nitrogen and oxygen atoms in total. The molecule has 0 saturated heterocycles. The van der Waals surface area contributed by atoms with Gasteiger partial charge >= 0.3 is 5.97 Å². The molecule has 0 spiro atoms. The minimum atomic E-state index is -1.07. The highest BCUT2D eigenvalue weighted by molar-refractivity contribution is 7.16. The number of phenols is 1. The molecule has 3 N–H and O–H groups in total. The zero-order chi connectivity index (χ0) is 15.4. The number of hydrogen-bond donors (Lipinski definition) is 3. The molecule has 1 heterocycles. The van der Waals surface area contributed by atoms with Gasteiger partial charge in [0.25, 0.3) is 0 Å². The van der Waals surface area contributed by atoms with Crippen molar-refractivity contribution in [3.8, 4) is 5.75 Å². The lowest BCUT2D eigenvalue weighted by molar-refractivity contribution is -0.111. The van der Waals surface area contributed by atoms with E-state index in [4.69, 9.17) is 10.2 Å². The fraction of sp³-hybridized carbons (Fsp3) is 0.0667. The molecular weight excluding hydrogens is 290 g/mol. The first-order chi connectivity index (χ1) is 9.95. The van der Waals surface area contributed by atoms with Crippen LogP contribution in [0.15, 0.2) is 36.4 Å². The summed E-state index contributed by atoms with van der Waals surface area (Å²) >= 11 is 1.21. The minimum Gasteiger partial charge on any atom is -0.508 e. The first-order valence-corrected chi connectivity index (χ1v) is 6.89. The molecule has 0 aliphatic heterocycles. The topological polar surface area (TPSA) is 86.6 Å². The molecule has 1 aromatic heterocycles. The average Bonchev–Trinajstić information content (AvgIpc) is 2.79. The Bertz CT molecular complexity index is 701. The summed E-state index contributed by atoms with van der Waals surface area (Å²) in [4.78, 5) is 23.7. The van der Waals surface area contributed by atoms with Gasteiger partial charge in [0, 0.05) is 11.0 Å². The highest BCUT2D eigenvalue weighted by Crippen LogP contribution is 2.27. The second-order valence-corrected chi connectivity index (χ2v) is 5.58. The number of anilines is 1. The zero-order valence-corrected chi connectivity index (χ0v) is 12.0. The molecule has 2 rings (SSSR count). The zero-order valence-electron chi connectivity index (χ0n) is 11.2. The van der Waals surface area contributed by atoms with Crippen LogP contribution in [0.1, 0.15) is 20.8 Å². The van der Waals surface area contributed by atoms with Crippen molar-refractivity contribution in [2.45, 2.75) is 6.92 Å². The number of thiophene rings is 1. The van der Waals surface area contributed by atoms with E-state index in [0.717, 1.165) is 10.4 Å². The Labute approximate surface area is 125 Å². The minimum absolute atomic E-state index is 0.0869. The Morgan fingerprint density at radius 2 is 1.90 bits per heavy atom. The molecule has 0 fully saturated rings. The number of aryl methyl sites for hydroxylation is 1. The van der Waals surface area contributed by atoms with Crippen LogP contribution in [0.4, 0.5) is 5.00 Å². The van der Waals surface area contributed by atoms with Crippen LogP contribution >= 0.6 is 11.3 Å². The molecule has 2 aromatic rings. The summed E-state index contributed by atoms with van der Waals surface area (Å²) in [5.41, 5.74) is 0.840. The van der Waals surface area contributed by atoms with Gasteiger partial charge in [0.1, 0.15) is 10.8 Å². The van der Waals surface area contributed by atoms with Crippen LogP contribution in [0.25, 0.3) is 6.08 Å². The summed E-state index contributed by atoms with van der Waals surface area (Å²) < 4.78 is 0. The number of aromatic carboxylic acids is 1. The third kappa shape index (κ3) is 3.93. The van der Waals surface area contributed by atoms with Crippen molar-refractivity contribution in [1.29, 1.82) is 0 Å². The number of phenolic OH excluding ortho intramolecular Hbond substituents is 1. The number of nitrogens with one attached hydrogen (secondary N) is 1. The number of carbonyl (C=O) groups is 2. The van der Waals surface area contributed by atoms with Crippen molar-refractivity contribution in [3.63, 3.8) is 0 Å². The summed E-state index contributed by atoms with van der Waals surface area (Å²) in [5, 5.41) is 21.1. The number of rotatable bonds is 4. The van der Waals surface area contributed by atoms with Gasteiger partial charge in [-0.2, -0.15) is 0 Å². The van der Waals surface area contributed by atoms with E-state index in [0.29, 0.717) is 5.00 Å². The van der Waals surface area contributed by atoms with Gasteiger partial charge in [0.2, 0.25) is 5.91 Å². The van der Waals surface area contributed by atoms with Gasteiger partial charge in [-0.05, 0) is 36.8 Å². The second kappa shape index (κ2) is 6.23. The second-order valence-electron chi connectivity index (χ2n) is 4.32. The van der Waals surface area contributed by atoms with Crippen molar-refractivity contribution < 1.29 is 19.8 Å². The van der Waals surface area contributed by atoms with Gasteiger partial charge in [0.05, 0.1) is 5.56 Å². The van der Waals surface area contributed by atoms with Gasteiger partial charge in [-0.1, -0.05) is 12.1 Å². The normalized spacial score (nSPS) is 10.7. The first-order valence-electron chi connectivity index (χ1n) is 6.07. The van der Waals surface area contributed by atoms with Gasteiger partial charge < -0.3 is 15.5 Å². The third-order valence-electron chi connectivity index (χ3n) is 2.64. The van der Waals surface area contributed by atoms with E-state index in [-0.39, 0.29) is 11.3 Å². The molecule has 108 valence electrons.